The highest BCUT2D eigenvalue weighted by Gasteiger charge is 2.27. The van der Waals surface area contributed by atoms with Gasteiger partial charge in [-0.1, -0.05) is 33.6 Å². The van der Waals surface area contributed by atoms with Crippen molar-refractivity contribution in [2.45, 2.75) is 46.5 Å². The van der Waals surface area contributed by atoms with E-state index >= 15 is 0 Å². The molecule has 0 amide bonds. The minimum atomic E-state index is 0.576. The van der Waals surface area contributed by atoms with Gasteiger partial charge in [0.05, 0.1) is 0 Å². The molecule has 0 aromatic heterocycles. The molecule has 0 unspecified atom stereocenters. The summed E-state index contributed by atoms with van der Waals surface area (Å²) in [4.78, 5) is 0. The van der Waals surface area contributed by atoms with Gasteiger partial charge < -0.3 is 0 Å². The van der Waals surface area contributed by atoms with Gasteiger partial charge in [-0.25, -0.2) is 0 Å². The minimum Gasteiger partial charge on any atom is -0.0625 e. The minimum absolute atomic E-state index is 0.576. The van der Waals surface area contributed by atoms with Gasteiger partial charge in [0.1, 0.15) is 0 Å². The molecule has 1 saturated carbocycles. The summed E-state index contributed by atoms with van der Waals surface area (Å²) in [5.41, 5.74) is 0.576. The fraction of sp³-hybridized carbons (Fsp3) is 0.900. The van der Waals surface area contributed by atoms with E-state index in [0.717, 1.165) is 5.92 Å². The lowest BCUT2D eigenvalue weighted by Crippen LogP contribution is -2.22. The van der Waals surface area contributed by atoms with E-state index in [-0.39, 0.29) is 0 Å². The summed E-state index contributed by atoms with van der Waals surface area (Å²) in [7, 11) is 0. The molecule has 0 heteroatoms. The van der Waals surface area contributed by atoms with Gasteiger partial charge in [0.25, 0.3) is 0 Å². The Kier molecular flexibility index (Phi) is 2.38. The van der Waals surface area contributed by atoms with Crippen molar-refractivity contribution in [1.82, 2.24) is 0 Å². The Balaban J connectivity index is 2.38. The topological polar surface area (TPSA) is 0 Å². The summed E-state index contributed by atoms with van der Waals surface area (Å²) in [6.07, 6.45) is 8.07. The van der Waals surface area contributed by atoms with E-state index in [1.807, 2.05) is 0 Å². The third-order valence-electron chi connectivity index (χ3n) is 3.11. The van der Waals surface area contributed by atoms with Crippen LogP contribution in [0.1, 0.15) is 46.5 Å². The quantitative estimate of drug-likeness (QED) is 0.522. The Bertz CT molecular complexity index is 96.6. The second-order valence-corrected chi connectivity index (χ2v) is 4.13. The summed E-state index contributed by atoms with van der Waals surface area (Å²) in [5, 5.41) is 0. The molecule has 0 saturated heterocycles. The van der Waals surface area contributed by atoms with Gasteiger partial charge in [0.15, 0.2) is 0 Å². The van der Waals surface area contributed by atoms with Crippen LogP contribution in [0.4, 0.5) is 0 Å². The second-order valence-electron chi connectivity index (χ2n) is 4.13. The summed E-state index contributed by atoms with van der Waals surface area (Å²) in [6, 6.07) is 0. The van der Waals surface area contributed by atoms with Crippen LogP contribution < -0.4 is 0 Å². The van der Waals surface area contributed by atoms with Gasteiger partial charge in [-0.15, -0.1) is 0 Å². The standard InChI is InChI=1S/C10H19/c1-4-10(3)7-5-9(2)6-8-10/h4,9H,5-8H2,1-3H3. The van der Waals surface area contributed by atoms with E-state index in [0.29, 0.717) is 5.41 Å². The summed E-state index contributed by atoms with van der Waals surface area (Å²) >= 11 is 0. The zero-order valence-corrected chi connectivity index (χ0v) is 7.48. The summed E-state index contributed by atoms with van der Waals surface area (Å²) < 4.78 is 0. The van der Waals surface area contributed by atoms with Crippen LogP contribution in [-0.4, -0.2) is 0 Å². The van der Waals surface area contributed by atoms with Crippen LogP contribution in [0.3, 0.4) is 0 Å². The predicted molar refractivity (Wildman–Crippen MR) is 45.7 cm³/mol. The molecule has 1 aliphatic rings. The van der Waals surface area contributed by atoms with Crippen LogP contribution in [0, 0.1) is 17.8 Å². The number of rotatable bonds is 1. The Hall–Kier alpha value is 0. The number of hydrogen-bond donors (Lipinski definition) is 0. The Labute approximate surface area is 65.0 Å². The first-order valence-electron chi connectivity index (χ1n) is 4.47. The third kappa shape index (κ3) is 1.74. The Morgan fingerprint density at radius 2 is 1.80 bits per heavy atom. The molecule has 0 aromatic rings. The van der Waals surface area contributed by atoms with E-state index in [2.05, 4.69) is 27.2 Å². The predicted octanol–water partition coefficient (Wildman–Crippen LogP) is 3.43. The average Bonchev–Trinajstić information content (AvgIpc) is 1.96. The van der Waals surface area contributed by atoms with E-state index in [1.165, 1.54) is 25.7 Å². The fourth-order valence-corrected chi connectivity index (χ4v) is 1.71. The molecule has 0 aromatic carbocycles. The molecular formula is C10H19. The average molecular weight is 139 g/mol. The molecule has 1 radical (unpaired) electrons. The van der Waals surface area contributed by atoms with Crippen LogP contribution in [0.25, 0.3) is 0 Å². The van der Waals surface area contributed by atoms with Gasteiger partial charge >= 0.3 is 0 Å². The fourth-order valence-electron chi connectivity index (χ4n) is 1.71. The highest BCUT2D eigenvalue weighted by molar-refractivity contribution is 4.89. The van der Waals surface area contributed by atoms with E-state index in [4.69, 9.17) is 0 Å². The molecule has 0 N–H and O–H groups in total. The number of hydrogen-bond acceptors (Lipinski definition) is 0. The molecule has 1 rings (SSSR count). The molecule has 10 heavy (non-hydrogen) atoms. The van der Waals surface area contributed by atoms with Crippen LogP contribution in [0.5, 0.6) is 0 Å². The monoisotopic (exact) mass is 139 g/mol. The summed E-state index contributed by atoms with van der Waals surface area (Å²) in [5.74, 6) is 0.980. The Morgan fingerprint density at radius 3 is 2.20 bits per heavy atom. The molecule has 0 bridgehead atoms. The molecule has 0 atom stereocenters. The van der Waals surface area contributed by atoms with Crippen LogP contribution >= 0.6 is 0 Å². The van der Waals surface area contributed by atoms with Crippen LogP contribution in [0.2, 0.25) is 0 Å². The lowest BCUT2D eigenvalue weighted by Gasteiger charge is -2.35. The van der Waals surface area contributed by atoms with E-state index < -0.39 is 0 Å². The maximum atomic E-state index is 2.39. The third-order valence-corrected chi connectivity index (χ3v) is 3.11. The molecule has 59 valence electrons. The van der Waals surface area contributed by atoms with Gasteiger partial charge in [-0.3, -0.25) is 0 Å². The normalized spacial score (nSPS) is 41.7. The molecule has 0 aliphatic heterocycles. The van der Waals surface area contributed by atoms with Crippen molar-refractivity contribution in [2.24, 2.45) is 11.3 Å². The van der Waals surface area contributed by atoms with E-state index in [9.17, 15) is 0 Å². The zero-order chi connectivity index (χ0) is 7.61. The SMILES string of the molecule is C[CH]C1(C)CCC(C)CC1. The zero-order valence-electron chi connectivity index (χ0n) is 7.48. The summed E-state index contributed by atoms with van der Waals surface area (Å²) in [6.45, 7) is 6.96. The molecule has 1 aliphatic carbocycles. The van der Waals surface area contributed by atoms with Crippen LogP contribution in [-0.2, 0) is 0 Å². The van der Waals surface area contributed by atoms with Crippen molar-refractivity contribution in [3.8, 4) is 0 Å². The van der Waals surface area contributed by atoms with Crippen molar-refractivity contribution in [1.29, 1.82) is 0 Å². The molecular weight excluding hydrogens is 120 g/mol. The molecule has 0 spiro atoms. The maximum Gasteiger partial charge on any atom is -0.0297 e. The molecule has 0 nitrogen and oxygen atoms in total. The van der Waals surface area contributed by atoms with Crippen molar-refractivity contribution < 1.29 is 0 Å². The second kappa shape index (κ2) is 2.94. The maximum absolute atomic E-state index is 2.39. The van der Waals surface area contributed by atoms with Crippen molar-refractivity contribution >= 4 is 0 Å². The molecule has 0 heterocycles. The van der Waals surface area contributed by atoms with Crippen molar-refractivity contribution in [3.05, 3.63) is 6.42 Å². The van der Waals surface area contributed by atoms with Crippen molar-refractivity contribution in [2.75, 3.05) is 0 Å². The van der Waals surface area contributed by atoms with Crippen molar-refractivity contribution in [3.63, 3.8) is 0 Å². The highest BCUT2D eigenvalue weighted by atomic mass is 14.3. The lowest BCUT2D eigenvalue weighted by molar-refractivity contribution is 0.215. The Morgan fingerprint density at radius 1 is 1.30 bits per heavy atom. The van der Waals surface area contributed by atoms with Gasteiger partial charge in [-0.2, -0.15) is 0 Å². The largest absolute Gasteiger partial charge is 0.0625 e. The first kappa shape index (κ1) is 8.10. The smallest absolute Gasteiger partial charge is 0.0297 e. The molecule has 1 fully saturated rings. The van der Waals surface area contributed by atoms with Gasteiger partial charge in [0, 0.05) is 0 Å². The van der Waals surface area contributed by atoms with Crippen LogP contribution in [0.15, 0.2) is 0 Å². The van der Waals surface area contributed by atoms with Gasteiger partial charge in [-0.05, 0) is 30.6 Å². The first-order chi connectivity index (χ1) is 4.66. The lowest BCUT2D eigenvalue weighted by atomic mass is 9.71. The van der Waals surface area contributed by atoms with E-state index in [1.54, 1.807) is 0 Å². The first-order valence-corrected chi connectivity index (χ1v) is 4.47. The van der Waals surface area contributed by atoms with Gasteiger partial charge in [0.2, 0.25) is 0 Å². The highest BCUT2D eigenvalue weighted by Crippen LogP contribution is 2.39.